The minimum Gasteiger partial charge on any atom is -0.369 e. The molecule has 140 valence electrons. The van der Waals surface area contributed by atoms with Crippen LogP contribution in [0.5, 0.6) is 0 Å². The Morgan fingerprint density at radius 1 is 1.07 bits per heavy atom. The molecule has 1 aliphatic heterocycles. The van der Waals surface area contributed by atoms with Gasteiger partial charge in [-0.1, -0.05) is 0 Å². The number of anilines is 2. The Labute approximate surface area is 157 Å². The molecule has 7 heteroatoms. The molecule has 0 bridgehead atoms. The second-order valence-electron chi connectivity index (χ2n) is 6.91. The largest absolute Gasteiger partial charge is 0.369 e. The van der Waals surface area contributed by atoms with Crippen LogP contribution in [0.15, 0.2) is 42.6 Å². The van der Waals surface area contributed by atoms with Crippen molar-refractivity contribution in [3.8, 4) is 0 Å². The smallest absolute Gasteiger partial charge is 0.274 e. The molecule has 0 atom stereocenters. The van der Waals surface area contributed by atoms with Crippen molar-refractivity contribution in [2.24, 2.45) is 0 Å². The minimum absolute atomic E-state index is 0.307. The van der Waals surface area contributed by atoms with Crippen LogP contribution in [0.2, 0.25) is 0 Å². The summed E-state index contributed by atoms with van der Waals surface area (Å²) in [6.45, 7) is 5.82. The lowest BCUT2D eigenvalue weighted by molar-refractivity contribution is 0.102. The van der Waals surface area contributed by atoms with Crippen molar-refractivity contribution in [3.05, 3.63) is 59.8 Å². The third-order valence-corrected chi connectivity index (χ3v) is 4.97. The molecule has 1 amide bonds. The lowest BCUT2D eigenvalue weighted by Crippen LogP contribution is -2.44. The zero-order chi connectivity index (χ0) is 19.0. The summed E-state index contributed by atoms with van der Waals surface area (Å²) in [6, 6.07) is 10.7. The zero-order valence-electron chi connectivity index (χ0n) is 15.4. The topological polar surface area (TPSA) is 52.9 Å². The van der Waals surface area contributed by atoms with Crippen molar-refractivity contribution >= 4 is 22.9 Å². The number of halogens is 1. The number of likely N-dealkylation sites (N-methyl/N-ethyl adjacent to an activating group) is 1. The highest BCUT2D eigenvalue weighted by Gasteiger charge is 2.18. The van der Waals surface area contributed by atoms with Crippen LogP contribution in [0.1, 0.15) is 16.2 Å². The summed E-state index contributed by atoms with van der Waals surface area (Å²) < 4.78 is 15.1. The van der Waals surface area contributed by atoms with Crippen LogP contribution < -0.4 is 10.2 Å². The predicted molar refractivity (Wildman–Crippen MR) is 104 cm³/mol. The number of amides is 1. The standard InChI is InChI=1S/C20H22FN5O/c1-14-19(26-13-15(21)3-8-18(26)22-14)20(27)23-16-4-6-17(7-5-16)25-11-9-24(2)10-12-25/h3-8,13H,9-12H2,1-2H3,(H,23,27). The number of aromatic nitrogens is 2. The van der Waals surface area contributed by atoms with Gasteiger partial charge in [0, 0.05) is 43.8 Å². The zero-order valence-corrected chi connectivity index (χ0v) is 15.4. The van der Waals surface area contributed by atoms with Gasteiger partial charge in [0.05, 0.1) is 5.69 Å². The highest BCUT2D eigenvalue weighted by atomic mass is 19.1. The molecule has 4 rings (SSSR count). The number of nitrogens with zero attached hydrogens (tertiary/aromatic N) is 4. The van der Waals surface area contributed by atoms with Gasteiger partial charge >= 0.3 is 0 Å². The van der Waals surface area contributed by atoms with Crippen molar-refractivity contribution in [2.45, 2.75) is 6.92 Å². The Morgan fingerprint density at radius 2 is 1.78 bits per heavy atom. The summed E-state index contributed by atoms with van der Waals surface area (Å²) in [4.78, 5) is 21.7. The first kappa shape index (κ1) is 17.5. The van der Waals surface area contributed by atoms with E-state index in [0.29, 0.717) is 22.7 Å². The highest BCUT2D eigenvalue weighted by molar-refractivity contribution is 6.04. The number of rotatable bonds is 3. The number of fused-ring (bicyclic) bond motifs is 1. The van der Waals surface area contributed by atoms with E-state index in [1.54, 1.807) is 13.0 Å². The number of carbonyl (C=O) groups is 1. The second-order valence-corrected chi connectivity index (χ2v) is 6.91. The third-order valence-electron chi connectivity index (χ3n) is 4.97. The van der Waals surface area contributed by atoms with Gasteiger partial charge in [0.1, 0.15) is 17.2 Å². The van der Waals surface area contributed by atoms with Gasteiger partial charge in [0.25, 0.3) is 5.91 Å². The highest BCUT2D eigenvalue weighted by Crippen LogP contribution is 2.21. The number of hydrogen-bond acceptors (Lipinski definition) is 4. The molecule has 1 saturated heterocycles. The van der Waals surface area contributed by atoms with Crippen molar-refractivity contribution in [1.29, 1.82) is 0 Å². The van der Waals surface area contributed by atoms with E-state index >= 15 is 0 Å². The quantitative estimate of drug-likeness (QED) is 0.773. The first-order valence-corrected chi connectivity index (χ1v) is 9.00. The maximum Gasteiger partial charge on any atom is 0.274 e. The molecule has 1 fully saturated rings. The van der Waals surface area contributed by atoms with Gasteiger partial charge in [-0.2, -0.15) is 0 Å². The Bertz CT molecular complexity index is 974. The Morgan fingerprint density at radius 3 is 2.48 bits per heavy atom. The van der Waals surface area contributed by atoms with E-state index in [4.69, 9.17) is 0 Å². The van der Waals surface area contributed by atoms with Crippen LogP contribution in [0.4, 0.5) is 15.8 Å². The number of carbonyl (C=O) groups excluding carboxylic acids is 1. The summed E-state index contributed by atoms with van der Waals surface area (Å²) in [5, 5.41) is 2.88. The Balaban J connectivity index is 1.52. The summed E-state index contributed by atoms with van der Waals surface area (Å²) in [6.07, 6.45) is 1.28. The monoisotopic (exact) mass is 367 g/mol. The molecule has 0 radical (unpaired) electrons. The Hall–Kier alpha value is -2.93. The minimum atomic E-state index is -0.412. The van der Waals surface area contributed by atoms with Crippen LogP contribution in [0, 0.1) is 12.7 Å². The van der Waals surface area contributed by atoms with Crippen molar-refractivity contribution < 1.29 is 9.18 Å². The SMILES string of the molecule is Cc1nc2ccc(F)cn2c1C(=O)Nc1ccc(N2CCN(C)CC2)cc1. The van der Waals surface area contributed by atoms with Gasteiger partial charge in [0.15, 0.2) is 0 Å². The number of benzene rings is 1. The van der Waals surface area contributed by atoms with Gasteiger partial charge < -0.3 is 15.1 Å². The van der Waals surface area contributed by atoms with E-state index in [9.17, 15) is 9.18 Å². The first-order chi connectivity index (χ1) is 13.0. The number of pyridine rings is 1. The van der Waals surface area contributed by atoms with Crippen LogP contribution >= 0.6 is 0 Å². The maximum absolute atomic E-state index is 13.6. The van der Waals surface area contributed by atoms with Gasteiger partial charge in [-0.25, -0.2) is 9.37 Å². The van der Waals surface area contributed by atoms with Gasteiger partial charge in [0.2, 0.25) is 0 Å². The van der Waals surface area contributed by atoms with E-state index in [0.717, 1.165) is 31.9 Å². The van der Waals surface area contributed by atoms with Gasteiger partial charge in [-0.15, -0.1) is 0 Å². The van der Waals surface area contributed by atoms with E-state index in [1.165, 1.54) is 16.7 Å². The molecule has 0 spiro atoms. The number of aryl methyl sites for hydroxylation is 1. The number of imidazole rings is 1. The predicted octanol–water partition coefficient (Wildman–Crippen LogP) is 2.79. The molecule has 0 saturated carbocycles. The normalized spacial score (nSPS) is 15.3. The lowest BCUT2D eigenvalue weighted by atomic mass is 10.2. The summed E-state index contributed by atoms with van der Waals surface area (Å²) >= 11 is 0. The fraction of sp³-hybridized carbons (Fsp3) is 0.300. The lowest BCUT2D eigenvalue weighted by Gasteiger charge is -2.34. The average molecular weight is 367 g/mol. The molecule has 3 aromatic rings. The molecule has 1 aliphatic rings. The van der Waals surface area contributed by atoms with E-state index in [1.807, 2.05) is 24.3 Å². The number of hydrogen-bond donors (Lipinski definition) is 1. The third kappa shape index (κ3) is 3.50. The maximum atomic E-state index is 13.6. The molecule has 3 heterocycles. The van der Waals surface area contributed by atoms with Crippen LogP contribution in [0.3, 0.4) is 0 Å². The van der Waals surface area contributed by atoms with Crippen LogP contribution in [-0.4, -0.2) is 53.4 Å². The molecule has 27 heavy (non-hydrogen) atoms. The second kappa shape index (κ2) is 7.00. The van der Waals surface area contributed by atoms with Crippen molar-refractivity contribution in [1.82, 2.24) is 14.3 Å². The number of piperazine rings is 1. The van der Waals surface area contributed by atoms with Crippen LogP contribution in [0.25, 0.3) is 5.65 Å². The average Bonchev–Trinajstić information content (AvgIpc) is 2.98. The van der Waals surface area contributed by atoms with Gasteiger partial charge in [-0.3, -0.25) is 9.20 Å². The summed E-state index contributed by atoms with van der Waals surface area (Å²) in [5.41, 5.74) is 3.29. The summed E-state index contributed by atoms with van der Waals surface area (Å²) in [5.74, 6) is -0.719. The molecular weight excluding hydrogens is 345 g/mol. The van der Waals surface area contributed by atoms with E-state index in [2.05, 4.69) is 27.1 Å². The first-order valence-electron chi connectivity index (χ1n) is 9.00. The molecule has 0 aliphatic carbocycles. The van der Waals surface area contributed by atoms with Gasteiger partial charge in [-0.05, 0) is 50.4 Å². The molecule has 1 N–H and O–H groups in total. The number of nitrogens with one attached hydrogen (secondary N) is 1. The molecule has 6 nitrogen and oxygen atoms in total. The fourth-order valence-electron chi connectivity index (χ4n) is 3.42. The van der Waals surface area contributed by atoms with Crippen LogP contribution in [-0.2, 0) is 0 Å². The molecule has 2 aromatic heterocycles. The Kier molecular flexibility index (Phi) is 4.53. The molecular formula is C20H22FN5O. The fourth-order valence-corrected chi connectivity index (χ4v) is 3.42. The summed E-state index contributed by atoms with van der Waals surface area (Å²) in [7, 11) is 2.13. The van der Waals surface area contributed by atoms with Crippen molar-refractivity contribution in [3.63, 3.8) is 0 Å². The van der Waals surface area contributed by atoms with E-state index < -0.39 is 5.82 Å². The van der Waals surface area contributed by atoms with Crippen molar-refractivity contribution in [2.75, 3.05) is 43.4 Å². The molecule has 1 aromatic carbocycles. The molecule has 0 unspecified atom stereocenters. The van der Waals surface area contributed by atoms with E-state index in [-0.39, 0.29) is 5.91 Å².